The van der Waals surface area contributed by atoms with E-state index in [1.807, 2.05) is 13.8 Å². The number of hydrogen-bond donors (Lipinski definition) is 1. The van der Waals surface area contributed by atoms with E-state index in [0.717, 1.165) is 11.3 Å². The van der Waals surface area contributed by atoms with Crippen LogP contribution in [0.2, 0.25) is 0 Å². The highest BCUT2D eigenvalue weighted by Crippen LogP contribution is 2.23. The molecular weight excluding hydrogens is 437 g/mol. The molecule has 2 aromatic rings. The molecule has 1 heterocycles. The number of halogens is 1. The highest BCUT2D eigenvalue weighted by atomic mass is 19.1. The number of nitrogens with one attached hydrogen (secondary N) is 1. The van der Waals surface area contributed by atoms with Crippen molar-refractivity contribution in [3.63, 3.8) is 0 Å². The van der Waals surface area contributed by atoms with Crippen molar-refractivity contribution in [2.45, 2.75) is 58.7 Å². The summed E-state index contributed by atoms with van der Waals surface area (Å²) in [5.41, 5.74) is 1.43. The summed E-state index contributed by atoms with van der Waals surface area (Å²) in [5.74, 6) is -1.67. The number of imide groups is 1. The molecule has 2 unspecified atom stereocenters. The van der Waals surface area contributed by atoms with E-state index in [4.69, 9.17) is 0 Å². The fourth-order valence-electron chi connectivity index (χ4n) is 3.81. The first-order valence-electron chi connectivity index (χ1n) is 11.5. The molecule has 0 aromatic heterocycles. The maximum atomic E-state index is 13.3. The third-order valence-corrected chi connectivity index (χ3v) is 6.09. The van der Waals surface area contributed by atoms with Crippen LogP contribution in [0, 0.1) is 5.82 Å². The van der Waals surface area contributed by atoms with E-state index in [2.05, 4.69) is 5.32 Å². The molecule has 1 aliphatic rings. The third kappa shape index (κ3) is 5.68. The second-order valence-corrected chi connectivity index (χ2v) is 8.55. The summed E-state index contributed by atoms with van der Waals surface area (Å²) in [7, 11) is 0. The second-order valence-electron chi connectivity index (χ2n) is 8.55. The van der Waals surface area contributed by atoms with Crippen LogP contribution in [0.25, 0.3) is 0 Å². The summed E-state index contributed by atoms with van der Waals surface area (Å²) in [4.78, 5) is 53.6. The van der Waals surface area contributed by atoms with Crippen molar-refractivity contribution in [3.8, 4) is 0 Å². The SMILES string of the molecule is CCC(C)NC(=O)C(C)N(Cc1ccc(F)cc1)C(=O)CCCN1C(=O)c2ccccc2C1=O. The van der Waals surface area contributed by atoms with Gasteiger partial charge in [0, 0.05) is 25.6 Å². The number of carbonyl (C=O) groups is 4. The molecule has 180 valence electrons. The van der Waals surface area contributed by atoms with Crippen LogP contribution in [0.3, 0.4) is 0 Å². The number of benzene rings is 2. The minimum Gasteiger partial charge on any atom is -0.352 e. The van der Waals surface area contributed by atoms with E-state index >= 15 is 0 Å². The molecule has 7 nitrogen and oxygen atoms in total. The molecule has 0 saturated heterocycles. The van der Waals surface area contributed by atoms with Gasteiger partial charge in [0.15, 0.2) is 0 Å². The van der Waals surface area contributed by atoms with Gasteiger partial charge in [-0.1, -0.05) is 31.2 Å². The van der Waals surface area contributed by atoms with Gasteiger partial charge in [0.25, 0.3) is 11.8 Å². The average molecular weight is 468 g/mol. The van der Waals surface area contributed by atoms with Gasteiger partial charge < -0.3 is 10.2 Å². The topological polar surface area (TPSA) is 86.8 Å². The highest BCUT2D eigenvalue weighted by Gasteiger charge is 2.35. The Balaban J connectivity index is 1.67. The molecule has 2 atom stereocenters. The van der Waals surface area contributed by atoms with E-state index in [9.17, 15) is 23.6 Å². The van der Waals surface area contributed by atoms with E-state index in [1.54, 1.807) is 43.3 Å². The monoisotopic (exact) mass is 467 g/mol. The lowest BCUT2D eigenvalue weighted by Crippen LogP contribution is -2.49. The van der Waals surface area contributed by atoms with Crippen LogP contribution < -0.4 is 5.32 Å². The molecule has 0 radical (unpaired) electrons. The maximum absolute atomic E-state index is 13.3. The number of amides is 4. The van der Waals surface area contributed by atoms with Crippen LogP contribution in [-0.4, -0.2) is 52.1 Å². The van der Waals surface area contributed by atoms with Crippen molar-refractivity contribution < 1.29 is 23.6 Å². The molecule has 0 spiro atoms. The van der Waals surface area contributed by atoms with Gasteiger partial charge in [0.05, 0.1) is 11.1 Å². The van der Waals surface area contributed by atoms with Crippen LogP contribution in [0.5, 0.6) is 0 Å². The lowest BCUT2D eigenvalue weighted by atomic mass is 10.1. The first kappa shape index (κ1) is 25.1. The summed E-state index contributed by atoms with van der Waals surface area (Å²) in [6.07, 6.45) is 1.07. The van der Waals surface area contributed by atoms with Crippen molar-refractivity contribution in [1.29, 1.82) is 0 Å². The number of hydrogen-bond acceptors (Lipinski definition) is 4. The zero-order valence-electron chi connectivity index (χ0n) is 19.7. The quantitative estimate of drug-likeness (QED) is 0.542. The van der Waals surface area contributed by atoms with Gasteiger partial charge in [-0.25, -0.2) is 4.39 Å². The normalized spacial score (nSPS) is 14.5. The molecular formula is C26H30FN3O4. The predicted molar refractivity (Wildman–Crippen MR) is 125 cm³/mol. The van der Waals surface area contributed by atoms with Gasteiger partial charge in [-0.05, 0) is 56.5 Å². The summed E-state index contributed by atoms with van der Waals surface area (Å²) in [5, 5.41) is 2.89. The van der Waals surface area contributed by atoms with Crippen molar-refractivity contribution in [2.75, 3.05) is 6.54 Å². The lowest BCUT2D eigenvalue weighted by Gasteiger charge is -2.30. The molecule has 1 N–H and O–H groups in total. The van der Waals surface area contributed by atoms with Crippen LogP contribution in [0.4, 0.5) is 4.39 Å². The van der Waals surface area contributed by atoms with Gasteiger partial charge in [0.2, 0.25) is 11.8 Å². The van der Waals surface area contributed by atoms with Gasteiger partial charge in [-0.3, -0.25) is 24.1 Å². The average Bonchev–Trinajstić information content (AvgIpc) is 3.08. The van der Waals surface area contributed by atoms with E-state index in [1.165, 1.54) is 17.0 Å². The lowest BCUT2D eigenvalue weighted by molar-refractivity contribution is -0.141. The fourth-order valence-corrected chi connectivity index (χ4v) is 3.81. The van der Waals surface area contributed by atoms with Gasteiger partial charge in [-0.15, -0.1) is 0 Å². The molecule has 0 fully saturated rings. The van der Waals surface area contributed by atoms with Gasteiger partial charge in [-0.2, -0.15) is 0 Å². The predicted octanol–water partition coefficient (Wildman–Crippen LogP) is 3.53. The molecule has 0 saturated carbocycles. The highest BCUT2D eigenvalue weighted by molar-refractivity contribution is 6.21. The van der Waals surface area contributed by atoms with Crippen LogP contribution in [0.1, 0.15) is 66.3 Å². The molecule has 8 heteroatoms. The van der Waals surface area contributed by atoms with Crippen LogP contribution in [-0.2, 0) is 16.1 Å². The first-order valence-corrected chi connectivity index (χ1v) is 11.5. The van der Waals surface area contributed by atoms with Crippen LogP contribution in [0.15, 0.2) is 48.5 Å². The third-order valence-electron chi connectivity index (χ3n) is 6.09. The number of carbonyl (C=O) groups excluding carboxylic acids is 4. The van der Waals surface area contributed by atoms with Crippen molar-refractivity contribution in [1.82, 2.24) is 15.1 Å². The maximum Gasteiger partial charge on any atom is 0.261 e. The minimum atomic E-state index is -0.745. The van der Waals surface area contributed by atoms with E-state index < -0.39 is 6.04 Å². The Kier molecular flexibility index (Phi) is 8.15. The van der Waals surface area contributed by atoms with Gasteiger partial charge in [0.1, 0.15) is 11.9 Å². The Morgan fingerprint density at radius 2 is 1.59 bits per heavy atom. The van der Waals surface area contributed by atoms with Crippen molar-refractivity contribution in [3.05, 3.63) is 71.0 Å². The van der Waals surface area contributed by atoms with Gasteiger partial charge >= 0.3 is 0 Å². The molecule has 2 aromatic carbocycles. The van der Waals surface area contributed by atoms with Crippen molar-refractivity contribution >= 4 is 23.6 Å². The molecule has 4 amide bonds. The number of rotatable bonds is 10. The fraction of sp³-hybridized carbons (Fsp3) is 0.385. The van der Waals surface area contributed by atoms with E-state index in [0.29, 0.717) is 16.7 Å². The zero-order valence-corrected chi connectivity index (χ0v) is 19.7. The smallest absolute Gasteiger partial charge is 0.261 e. The largest absolute Gasteiger partial charge is 0.352 e. The molecule has 0 bridgehead atoms. The summed E-state index contributed by atoms with van der Waals surface area (Å²) in [6, 6.07) is 11.6. The Hall–Kier alpha value is -3.55. The molecule has 34 heavy (non-hydrogen) atoms. The Morgan fingerprint density at radius 3 is 2.15 bits per heavy atom. The number of fused-ring (bicyclic) bond motifs is 1. The molecule has 3 rings (SSSR count). The Morgan fingerprint density at radius 1 is 1.00 bits per heavy atom. The second kappa shape index (κ2) is 11.0. The number of nitrogens with zero attached hydrogens (tertiary/aromatic N) is 2. The first-order chi connectivity index (χ1) is 16.2. The zero-order chi connectivity index (χ0) is 24.8. The van der Waals surface area contributed by atoms with E-state index in [-0.39, 0.29) is 61.4 Å². The standard InChI is InChI=1S/C26H30FN3O4/c1-4-17(2)28-24(32)18(3)30(16-19-11-13-20(27)14-12-19)23(31)10-7-15-29-25(33)21-8-5-6-9-22(21)26(29)34/h5-6,8-9,11-14,17-18H,4,7,10,15-16H2,1-3H3,(H,28,32). The van der Waals surface area contributed by atoms with Crippen LogP contribution >= 0.6 is 0 Å². The summed E-state index contributed by atoms with van der Waals surface area (Å²) >= 11 is 0. The Bertz CT molecular complexity index is 1030. The molecule has 0 aliphatic carbocycles. The summed E-state index contributed by atoms with van der Waals surface area (Å²) in [6.45, 7) is 5.75. The molecule has 1 aliphatic heterocycles. The summed E-state index contributed by atoms with van der Waals surface area (Å²) < 4.78 is 13.3. The minimum absolute atomic E-state index is 0.0356. The van der Waals surface area contributed by atoms with Crippen molar-refractivity contribution in [2.24, 2.45) is 0 Å². The Labute approximate surface area is 198 Å².